The van der Waals surface area contributed by atoms with Crippen LogP contribution in [0.25, 0.3) is 0 Å². The van der Waals surface area contributed by atoms with Gasteiger partial charge in [0.25, 0.3) is 5.91 Å². The van der Waals surface area contributed by atoms with Gasteiger partial charge in [-0.3, -0.25) is 9.78 Å². The fraction of sp³-hybridized carbons (Fsp3) is 0.214. The van der Waals surface area contributed by atoms with Gasteiger partial charge in [0.1, 0.15) is 10.8 Å². The van der Waals surface area contributed by atoms with Crippen LogP contribution in [0.5, 0.6) is 0 Å². The number of aliphatic hydroxyl groups is 1. The van der Waals surface area contributed by atoms with Gasteiger partial charge in [0.15, 0.2) is 0 Å². The average molecular weight is 292 g/mol. The maximum atomic E-state index is 12.0. The molecular weight excluding hydrogens is 278 g/mol. The molecule has 0 saturated carbocycles. The van der Waals surface area contributed by atoms with E-state index >= 15 is 0 Å². The van der Waals surface area contributed by atoms with Crippen molar-refractivity contribution in [3.8, 4) is 0 Å². The van der Waals surface area contributed by atoms with Crippen molar-refractivity contribution in [1.82, 2.24) is 15.3 Å². The Morgan fingerprint density at radius 2 is 2.05 bits per heavy atom. The van der Waals surface area contributed by atoms with E-state index in [4.69, 9.17) is 11.6 Å². The number of rotatable bonds is 5. The quantitative estimate of drug-likeness (QED) is 0.874. The van der Waals surface area contributed by atoms with E-state index in [0.29, 0.717) is 6.42 Å². The third kappa shape index (κ3) is 4.01. The first-order valence-corrected chi connectivity index (χ1v) is 6.50. The molecule has 0 aliphatic heterocycles. The van der Waals surface area contributed by atoms with E-state index in [1.54, 1.807) is 0 Å². The summed E-state index contributed by atoms with van der Waals surface area (Å²) in [6.07, 6.45) is 3.22. The molecule has 104 valence electrons. The molecule has 2 aromatic rings. The molecule has 1 amide bonds. The van der Waals surface area contributed by atoms with Gasteiger partial charge in [-0.2, -0.15) is 0 Å². The van der Waals surface area contributed by atoms with Crippen molar-refractivity contribution < 1.29 is 9.90 Å². The minimum Gasteiger partial charge on any atom is -0.394 e. The smallest absolute Gasteiger partial charge is 0.271 e. The van der Waals surface area contributed by atoms with Crippen LogP contribution >= 0.6 is 11.6 Å². The van der Waals surface area contributed by atoms with Crippen LogP contribution in [0.1, 0.15) is 16.1 Å². The molecule has 2 rings (SSSR count). The van der Waals surface area contributed by atoms with Crippen molar-refractivity contribution in [2.45, 2.75) is 12.5 Å². The van der Waals surface area contributed by atoms with E-state index in [2.05, 4.69) is 15.3 Å². The van der Waals surface area contributed by atoms with Gasteiger partial charge in [-0.05, 0) is 12.0 Å². The molecule has 0 unspecified atom stereocenters. The molecule has 2 N–H and O–H groups in total. The number of halogens is 1. The maximum absolute atomic E-state index is 12.0. The summed E-state index contributed by atoms with van der Waals surface area (Å²) < 4.78 is 0. The Bertz CT molecular complexity index is 578. The van der Waals surface area contributed by atoms with Crippen molar-refractivity contribution >= 4 is 17.5 Å². The van der Waals surface area contributed by atoms with Crippen LogP contribution < -0.4 is 5.32 Å². The van der Waals surface area contributed by atoms with Crippen LogP contribution in [0.4, 0.5) is 0 Å². The third-order valence-electron chi connectivity index (χ3n) is 2.72. The molecule has 0 spiro atoms. The van der Waals surface area contributed by atoms with Gasteiger partial charge >= 0.3 is 0 Å². The number of amides is 1. The van der Waals surface area contributed by atoms with Gasteiger partial charge < -0.3 is 10.4 Å². The van der Waals surface area contributed by atoms with Crippen molar-refractivity contribution in [1.29, 1.82) is 0 Å². The highest BCUT2D eigenvalue weighted by Crippen LogP contribution is 2.05. The van der Waals surface area contributed by atoms with Crippen molar-refractivity contribution in [2.24, 2.45) is 0 Å². The zero-order valence-corrected chi connectivity index (χ0v) is 11.4. The van der Waals surface area contributed by atoms with Gasteiger partial charge in [0.2, 0.25) is 0 Å². The van der Waals surface area contributed by atoms with Crippen LogP contribution in [0.3, 0.4) is 0 Å². The van der Waals surface area contributed by atoms with Crippen molar-refractivity contribution in [3.05, 3.63) is 59.1 Å². The van der Waals surface area contributed by atoms with E-state index in [0.717, 1.165) is 5.56 Å². The molecule has 0 bridgehead atoms. The molecule has 1 aromatic carbocycles. The second-order valence-electron chi connectivity index (χ2n) is 4.27. The summed E-state index contributed by atoms with van der Waals surface area (Å²) in [5, 5.41) is 12.2. The number of hydrogen-bond donors (Lipinski definition) is 2. The molecule has 6 heteroatoms. The van der Waals surface area contributed by atoms with Crippen molar-refractivity contribution in [3.63, 3.8) is 0 Å². The van der Waals surface area contributed by atoms with Gasteiger partial charge in [-0.25, -0.2) is 4.98 Å². The number of hydrogen-bond acceptors (Lipinski definition) is 4. The number of aromatic nitrogens is 2. The lowest BCUT2D eigenvalue weighted by atomic mass is 10.1. The molecular formula is C14H14ClN3O2. The molecule has 0 radical (unpaired) electrons. The van der Waals surface area contributed by atoms with Gasteiger partial charge in [-0.15, -0.1) is 0 Å². The number of benzene rings is 1. The predicted octanol–water partition coefficient (Wildman–Crippen LogP) is 1.46. The SMILES string of the molecule is O=C(N[C@H](CO)Cc1ccccc1)c1cncc(Cl)n1. The fourth-order valence-electron chi connectivity index (χ4n) is 1.77. The molecule has 0 saturated heterocycles. The Kier molecular flexibility index (Phi) is 5.03. The van der Waals surface area contributed by atoms with Crippen LogP contribution in [-0.4, -0.2) is 33.6 Å². The highest BCUT2D eigenvalue weighted by Gasteiger charge is 2.15. The molecule has 0 aliphatic rings. The second kappa shape index (κ2) is 6.98. The van der Waals surface area contributed by atoms with E-state index in [-0.39, 0.29) is 23.5 Å². The standard InChI is InChI=1S/C14H14ClN3O2/c15-13-8-16-7-12(18-13)14(20)17-11(9-19)6-10-4-2-1-3-5-10/h1-5,7-8,11,19H,6,9H2,(H,17,20)/t11-/m0/s1. The summed E-state index contributed by atoms with van der Waals surface area (Å²) in [5.74, 6) is -0.407. The minimum absolute atomic E-state index is 0.129. The first kappa shape index (κ1) is 14.4. The van der Waals surface area contributed by atoms with Gasteiger partial charge in [0, 0.05) is 0 Å². The van der Waals surface area contributed by atoms with Crippen LogP contribution in [0.2, 0.25) is 5.15 Å². The van der Waals surface area contributed by atoms with Gasteiger partial charge in [-0.1, -0.05) is 41.9 Å². The zero-order valence-electron chi connectivity index (χ0n) is 10.7. The van der Waals surface area contributed by atoms with Crippen LogP contribution in [0.15, 0.2) is 42.7 Å². The molecule has 5 nitrogen and oxygen atoms in total. The number of nitrogens with one attached hydrogen (secondary N) is 1. The lowest BCUT2D eigenvalue weighted by Crippen LogP contribution is -2.39. The molecule has 1 aromatic heterocycles. The first-order chi connectivity index (χ1) is 9.69. The zero-order chi connectivity index (χ0) is 14.4. The third-order valence-corrected chi connectivity index (χ3v) is 2.90. The Morgan fingerprint density at radius 1 is 1.30 bits per heavy atom. The number of carbonyl (C=O) groups is 1. The van der Waals surface area contributed by atoms with Gasteiger partial charge in [0.05, 0.1) is 25.0 Å². The molecule has 0 fully saturated rings. The number of nitrogens with zero attached hydrogens (tertiary/aromatic N) is 2. The summed E-state index contributed by atoms with van der Waals surface area (Å²) in [7, 11) is 0. The fourth-order valence-corrected chi connectivity index (χ4v) is 1.92. The highest BCUT2D eigenvalue weighted by molar-refractivity contribution is 6.29. The topological polar surface area (TPSA) is 75.1 Å². The molecule has 1 atom stereocenters. The second-order valence-corrected chi connectivity index (χ2v) is 4.66. The molecule has 20 heavy (non-hydrogen) atoms. The Balaban J connectivity index is 2.01. The molecule has 0 aliphatic carbocycles. The number of aliphatic hydroxyl groups excluding tert-OH is 1. The number of carbonyl (C=O) groups excluding carboxylic acids is 1. The highest BCUT2D eigenvalue weighted by atomic mass is 35.5. The summed E-state index contributed by atoms with van der Waals surface area (Å²) in [5.41, 5.74) is 1.16. The van der Waals surface area contributed by atoms with E-state index < -0.39 is 5.91 Å². The monoisotopic (exact) mass is 291 g/mol. The summed E-state index contributed by atoms with van der Waals surface area (Å²) in [4.78, 5) is 19.7. The maximum Gasteiger partial charge on any atom is 0.271 e. The van der Waals surface area contributed by atoms with Crippen LogP contribution in [0, 0.1) is 0 Å². The Morgan fingerprint density at radius 3 is 2.70 bits per heavy atom. The van der Waals surface area contributed by atoms with E-state index in [1.807, 2.05) is 30.3 Å². The Hall–Kier alpha value is -1.98. The lowest BCUT2D eigenvalue weighted by molar-refractivity contribution is 0.0911. The summed E-state index contributed by atoms with van der Waals surface area (Å²) in [6.45, 7) is -0.158. The normalized spacial score (nSPS) is 11.9. The largest absolute Gasteiger partial charge is 0.394 e. The van der Waals surface area contributed by atoms with Crippen molar-refractivity contribution in [2.75, 3.05) is 6.61 Å². The minimum atomic E-state index is -0.407. The molecule has 1 heterocycles. The summed E-state index contributed by atoms with van der Waals surface area (Å²) in [6, 6.07) is 9.23. The van der Waals surface area contributed by atoms with E-state index in [1.165, 1.54) is 12.4 Å². The Labute approximate surface area is 121 Å². The average Bonchev–Trinajstić information content (AvgIpc) is 2.47. The summed E-state index contributed by atoms with van der Waals surface area (Å²) >= 11 is 5.69. The lowest BCUT2D eigenvalue weighted by Gasteiger charge is -2.16. The van der Waals surface area contributed by atoms with Crippen LogP contribution in [-0.2, 0) is 6.42 Å². The van der Waals surface area contributed by atoms with E-state index in [9.17, 15) is 9.90 Å². The predicted molar refractivity (Wildman–Crippen MR) is 75.5 cm³/mol. The first-order valence-electron chi connectivity index (χ1n) is 6.12.